The molecule has 1 aliphatic heterocycles. The van der Waals surface area contributed by atoms with Crippen molar-refractivity contribution in [3.05, 3.63) is 0 Å². The number of carbonyl (C=O) groups excluding carboxylic acids is 3. The number of hydrogen-bond acceptors (Lipinski definition) is 4. The Labute approximate surface area is 87.3 Å². The molecule has 0 radical (unpaired) electrons. The highest BCUT2D eigenvalue weighted by Crippen LogP contribution is 2.61. The van der Waals surface area contributed by atoms with Crippen LogP contribution in [0.2, 0.25) is 0 Å². The van der Waals surface area contributed by atoms with Crippen LogP contribution in [0, 0.1) is 11.8 Å². The van der Waals surface area contributed by atoms with Crippen LogP contribution in [0.1, 0.15) is 0 Å². The molecule has 0 aromatic rings. The van der Waals surface area contributed by atoms with Gasteiger partial charge in [-0.3, -0.25) is 19.7 Å². The predicted octanol–water partition coefficient (Wildman–Crippen LogP) is -0.764. The number of imide groups is 1. The Bertz CT molecular complexity index is 306. The van der Waals surface area contributed by atoms with E-state index in [-0.39, 0.29) is 11.8 Å². The Morgan fingerprint density at radius 2 is 1.92 bits per heavy atom. The van der Waals surface area contributed by atoms with Gasteiger partial charge in [-0.05, 0) is 0 Å². The number of esters is 1. The van der Waals surface area contributed by atoms with Crippen LogP contribution < -0.4 is 5.32 Å². The summed E-state index contributed by atoms with van der Waals surface area (Å²) < 4.78 is 3.59. The van der Waals surface area contributed by atoms with E-state index in [0.29, 0.717) is 0 Å². The number of amides is 2. The minimum atomic E-state index is -0.939. The Kier molecular flexibility index (Phi) is 1.67. The third kappa shape index (κ3) is 0.890. The zero-order valence-electron chi connectivity index (χ0n) is 6.67. The quantitative estimate of drug-likeness (QED) is 0.299. The molecule has 6 heteroatoms. The van der Waals surface area contributed by atoms with Gasteiger partial charge in [0.15, 0.2) is 0 Å². The molecular weight excluding hydrogens is 289 g/mol. The van der Waals surface area contributed by atoms with E-state index < -0.39 is 21.2 Å². The number of ether oxygens (including phenoxy) is 1. The summed E-state index contributed by atoms with van der Waals surface area (Å²) in [6, 6.07) is 0. The molecule has 2 atom stereocenters. The first kappa shape index (κ1) is 8.92. The van der Waals surface area contributed by atoms with Crippen LogP contribution in [0.3, 0.4) is 0 Å². The maximum Gasteiger partial charge on any atom is 0.323 e. The second kappa shape index (κ2) is 2.43. The molecule has 1 saturated carbocycles. The normalized spacial score (nSPS) is 41.1. The minimum Gasteiger partial charge on any atom is -0.468 e. The van der Waals surface area contributed by atoms with Gasteiger partial charge in [-0.25, -0.2) is 0 Å². The van der Waals surface area contributed by atoms with E-state index >= 15 is 0 Å². The molecule has 1 N–H and O–H groups in total. The van der Waals surface area contributed by atoms with Gasteiger partial charge in [-0.15, -0.1) is 0 Å². The van der Waals surface area contributed by atoms with Gasteiger partial charge in [0.05, 0.1) is 18.9 Å². The highest BCUT2D eigenvalue weighted by atomic mass is 127. The molecule has 0 aromatic heterocycles. The first-order valence-electron chi connectivity index (χ1n) is 3.65. The molecule has 2 fully saturated rings. The van der Waals surface area contributed by atoms with Crippen LogP contribution in [0.15, 0.2) is 0 Å². The lowest BCUT2D eigenvalue weighted by Gasteiger charge is -2.09. The fourth-order valence-corrected chi connectivity index (χ4v) is 3.05. The van der Waals surface area contributed by atoms with E-state index in [1.807, 2.05) is 22.6 Å². The van der Waals surface area contributed by atoms with Gasteiger partial charge in [0.2, 0.25) is 11.8 Å². The summed E-state index contributed by atoms with van der Waals surface area (Å²) in [5.74, 6) is -2.27. The predicted molar refractivity (Wildman–Crippen MR) is 48.9 cm³/mol. The first-order valence-corrected chi connectivity index (χ1v) is 4.73. The topological polar surface area (TPSA) is 72.5 Å². The maximum atomic E-state index is 11.2. The Morgan fingerprint density at radius 3 is 2.31 bits per heavy atom. The first-order chi connectivity index (χ1) is 6.03. The zero-order chi connectivity index (χ0) is 9.80. The fraction of sp³-hybridized carbons (Fsp3) is 0.571. The average molecular weight is 295 g/mol. The summed E-state index contributed by atoms with van der Waals surface area (Å²) in [5, 5.41) is 2.16. The number of rotatable bonds is 1. The van der Waals surface area contributed by atoms with Crippen LogP contribution in [-0.4, -0.2) is 28.3 Å². The van der Waals surface area contributed by atoms with Gasteiger partial charge < -0.3 is 4.74 Å². The number of methoxy groups -OCH3 is 1. The number of carbonyl (C=O) groups is 3. The molecule has 2 unspecified atom stereocenters. The van der Waals surface area contributed by atoms with E-state index in [1.165, 1.54) is 7.11 Å². The van der Waals surface area contributed by atoms with Gasteiger partial charge in [-0.2, -0.15) is 0 Å². The van der Waals surface area contributed by atoms with Gasteiger partial charge >= 0.3 is 5.97 Å². The largest absolute Gasteiger partial charge is 0.468 e. The molecule has 2 aliphatic rings. The maximum absolute atomic E-state index is 11.2. The van der Waals surface area contributed by atoms with Gasteiger partial charge in [-0.1, -0.05) is 22.6 Å². The van der Waals surface area contributed by atoms with Crippen LogP contribution in [0.4, 0.5) is 0 Å². The molecule has 1 saturated heterocycles. The minimum absolute atomic E-state index is 0.366. The van der Waals surface area contributed by atoms with Crippen molar-refractivity contribution in [2.24, 2.45) is 11.8 Å². The van der Waals surface area contributed by atoms with Crippen molar-refractivity contribution >= 4 is 40.4 Å². The number of piperidine rings is 1. The highest BCUT2D eigenvalue weighted by Gasteiger charge is 2.79. The summed E-state index contributed by atoms with van der Waals surface area (Å²) in [5.41, 5.74) is 0. The molecule has 1 heterocycles. The lowest BCUT2D eigenvalue weighted by Crippen LogP contribution is -2.36. The van der Waals surface area contributed by atoms with E-state index in [2.05, 4.69) is 10.1 Å². The number of alkyl halides is 1. The monoisotopic (exact) mass is 295 g/mol. The number of fused-ring (bicyclic) bond motifs is 1. The SMILES string of the molecule is COC(=O)C1(I)C2C(=O)NC(=O)C21. The van der Waals surface area contributed by atoms with Crippen LogP contribution >= 0.6 is 22.6 Å². The molecule has 0 aromatic carbocycles. The van der Waals surface area contributed by atoms with Crippen LogP contribution in [0.25, 0.3) is 0 Å². The molecule has 70 valence electrons. The number of halogens is 1. The van der Waals surface area contributed by atoms with Crippen LogP contribution in [0.5, 0.6) is 0 Å². The second-order valence-corrected chi connectivity index (χ2v) is 4.85. The van der Waals surface area contributed by atoms with Gasteiger partial charge in [0.1, 0.15) is 3.42 Å². The Hall–Kier alpha value is -0.660. The third-order valence-corrected chi connectivity index (χ3v) is 4.22. The van der Waals surface area contributed by atoms with Gasteiger partial charge in [0, 0.05) is 0 Å². The van der Waals surface area contributed by atoms with E-state index in [4.69, 9.17) is 0 Å². The standard InChI is InChI=1S/C7H6INO4/c1-13-6(12)7(8)2-3(7)5(11)9-4(2)10/h2-3H,1H3,(H,9,10,11). The van der Waals surface area contributed by atoms with Crippen molar-refractivity contribution in [2.45, 2.75) is 3.42 Å². The van der Waals surface area contributed by atoms with Crippen molar-refractivity contribution in [1.29, 1.82) is 0 Å². The molecule has 1 aliphatic carbocycles. The molecular formula is C7H6INO4. The van der Waals surface area contributed by atoms with Crippen LogP contribution in [-0.2, 0) is 19.1 Å². The molecule has 0 bridgehead atoms. The van der Waals surface area contributed by atoms with E-state index in [0.717, 1.165) is 0 Å². The molecule has 2 amide bonds. The lowest BCUT2D eigenvalue weighted by molar-refractivity contribution is -0.143. The summed E-state index contributed by atoms with van der Waals surface area (Å²) in [6.07, 6.45) is 0. The third-order valence-electron chi connectivity index (χ3n) is 2.44. The average Bonchev–Trinajstić information content (AvgIpc) is 2.60. The fourth-order valence-electron chi connectivity index (χ4n) is 1.73. The summed E-state index contributed by atoms with van der Waals surface area (Å²) >= 11 is 1.83. The van der Waals surface area contributed by atoms with Crippen molar-refractivity contribution < 1.29 is 19.1 Å². The zero-order valence-corrected chi connectivity index (χ0v) is 8.82. The molecule has 5 nitrogen and oxygen atoms in total. The number of hydrogen-bond donors (Lipinski definition) is 1. The lowest BCUT2D eigenvalue weighted by atomic mass is 10.3. The van der Waals surface area contributed by atoms with E-state index in [9.17, 15) is 14.4 Å². The van der Waals surface area contributed by atoms with E-state index in [1.54, 1.807) is 0 Å². The smallest absolute Gasteiger partial charge is 0.323 e. The van der Waals surface area contributed by atoms with Crippen molar-refractivity contribution in [1.82, 2.24) is 5.32 Å². The van der Waals surface area contributed by atoms with Crippen molar-refractivity contribution in [3.63, 3.8) is 0 Å². The second-order valence-electron chi connectivity index (χ2n) is 3.07. The molecule has 2 rings (SSSR count). The molecule has 13 heavy (non-hydrogen) atoms. The summed E-state index contributed by atoms with van der Waals surface area (Å²) in [7, 11) is 1.25. The Morgan fingerprint density at radius 1 is 1.46 bits per heavy atom. The van der Waals surface area contributed by atoms with Crippen molar-refractivity contribution in [3.8, 4) is 0 Å². The van der Waals surface area contributed by atoms with Crippen molar-refractivity contribution in [2.75, 3.05) is 7.11 Å². The molecule has 0 spiro atoms. The Balaban J connectivity index is 2.29. The summed E-state index contributed by atoms with van der Waals surface area (Å²) in [4.78, 5) is 33.5. The van der Waals surface area contributed by atoms with Gasteiger partial charge in [0.25, 0.3) is 0 Å². The number of nitrogens with one attached hydrogen (secondary N) is 1. The summed E-state index contributed by atoms with van der Waals surface area (Å²) in [6.45, 7) is 0. The highest BCUT2D eigenvalue weighted by molar-refractivity contribution is 14.1.